The maximum Gasteiger partial charge on any atom is 0.232 e. The summed E-state index contributed by atoms with van der Waals surface area (Å²) < 4.78 is 0. The lowest BCUT2D eigenvalue weighted by Crippen LogP contribution is -2.23. The molecule has 0 fully saturated rings. The number of benzene rings is 1. The summed E-state index contributed by atoms with van der Waals surface area (Å²) in [6.45, 7) is 5.80. The Morgan fingerprint density at radius 1 is 1.13 bits per heavy atom. The Balaban J connectivity index is 2.26. The van der Waals surface area contributed by atoms with E-state index < -0.39 is 0 Å². The zero-order chi connectivity index (χ0) is 17.0. The third-order valence-electron chi connectivity index (χ3n) is 3.83. The molecular weight excluding hydrogens is 288 g/mol. The average molecular weight is 312 g/mol. The van der Waals surface area contributed by atoms with Gasteiger partial charge in [0, 0.05) is 14.1 Å². The van der Waals surface area contributed by atoms with E-state index in [1.54, 1.807) is 0 Å². The maximum atomic E-state index is 12.7. The lowest BCUT2D eigenvalue weighted by atomic mass is 9.95. The number of amides is 1. The number of hydrogen-bond acceptors (Lipinski definition) is 4. The van der Waals surface area contributed by atoms with Gasteiger partial charge in [-0.25, -0.2) is 9.97 Å². The number of carbonyl (C=O) groups is 1. The van der Waals surface area contributed by atoms with Crippen molar-refractivity contribution < 1.29 is 4.79 Å². The van der Waals surface area contributed by atoms with Crippen LogP contribution in [0.15, 0.2) is 30.3 Å². The summed E-state index contributed by atoms with van der Waals surface area (Å²) in [7, 11) is 3.80. The first-order chi connectivity index (χ1) is 10.9. The van der Waals surface area contributed by atoms with Crippen molar-refractivity contribution in [3.63, 3.8) is 0 Å². The number of rotatable bonds is 5. The third-order valence-corrected chi connectivity index (χ3v) is 3.83. The molecule has 5 nitrogen and oxygen atoms in total. The molecule has 0 saturated carbocycles. The molecule has 5 heteroatoms. The second-order valence-electron chi connectivity index (χ2n) is 5.82. The van der Waals surface area contributed by atoms with Crippen LogP contribution in [0.4, 0.5) is 11.6 Å². The van der Waals surface area contributed by atoms with Crippen LogP contribution in [0.5, 0.6) is 0 Å². The maximum absolute atomic E-state index is 12.7. The van der Waals surface area contributed by atoms with Gasteiger partial charge in [-0.15, -0.1) is 0 Å². The minimum absolute atomic E-state index is 0.0221. The van der Waals surface area contributed by atoms with Gasteiger partial charge in [-0.05, 0) is 25.8 Å². The first kappa shape index (κ1) is 16.9. The Kier molecular flexibility index (Phi) is 5.32. The molecule has 0 unspecified atom stereocenters. The molecule has 0 aliphatic heterocycles. The van der Waals surface area contributed by atoms with Gasteiger partial charge >= 0.3 is 0 Å². The number of carbonyl (C=O) groups excluding carboxylic acids is 1. The highest BCUT2D eigenvalue weighted by Crippen LogP contribution is 2.24. The summed E-state index contributed by atoms with van der Waals surface area (Å²) in [5, 5.41) is 3.01. The van der Waals surface area contributed by atoms with E-state index in [0.29, 0.717) is 11.6 Å². The molecule has 0 saturated heterocycles. The smallest absolute Gasteiger partial charge is 0.232 e. The summed E-state index contributed by atoms with van der Waals surface area (Å²) >= 11 is 0. The van der Waals surface area contributed by atoms with Crippen LogP contribution in [-0.4, -0.2) is 30.0 Å². The van der Waals surface area contributed by atoms with Crippen LogP contribution >= 0.6 is 0 Å². The van der Waals surface area contributed by atoms with Gasteiger partial charge in [0.2, 0.25) is 11.9 Å². The van der Waals surface area contributed by atoms with Gasteiger partial charge in [0.15, 0.2) is 0 Å². The molecule has 1 atom stereocenters. The minimum Gasteiger partial charge on any atom is -0.347 e. The Morgan fingerprint density at radius 3 is 2.17 bits per heavy atom. The molecule has 1 heterocycles. The van der Waals surface area contributed by atoms with Gasteiger partial charge in [-0.3, -0.25) is 4.79 Å². The Morgan fingerprint density at radius 2 is 1.70 bits per heavy atom. The topological polar surface area (TPSA) is 58.1 Å². The SMILES string of the molecule is CC[C@@H](C(=O)Nc1c(C)nc(N(C)C)nc1C)c1ccccc1. The van der Waals surface area contributed by atoms with E-state index in [2.05, 4.69) is 15.3 Å². The zero-order valence-electron chi connectivity index (χ0n) is 14.4. The van der Waals surface area contributed by atoms with Crippen molar-refractivity contribution in [2.75, 3.05) is 24.3 Å². The third kappa shape index (κ3) is 3.86. The Labute approximate surface area is 137 Å². The monoisotopic (exact) mass is 312 g/mol. The highest BCUT2D eigenvalue weighted by Gasteiger charge is 2.21. The first-order valence-electron chi connectivity index (χ1n) is 7.82. The molecule has 2 rings (SSSR count). The van der Waals surface area contributed by atoms with E-state index in [1.165, 1.54) is 0 Å². The van der Waals surface area contributed by atoms with Crippen LogP contribution < -0.4 is 10.2 Å². The van der Waals surface area contributed by atoms with E-state index in [9.17, 15) is 4.79 Å². The van der Waals surface area contributed by atoms with Crippen molar-refractivity contribution in [2.24, 2.45) is 0 Å². The van der Waals surface area contributed by atoms with Gasteiger partial charge in [0.25, 0.3) is 0 Å². The quantitative estimate of drug-likeness (QED) is 0.920. The second kappa shape index (κ2) is 7.22. The molecule has 0 bridgehead atoms. The van der Waals surface area contributed by atoms with E-state index in [1.807, 2.05) is 70.1 Å². The Hall–Kier alpha value is -2.43. The lowest BCUT2D eigenvalue weighted by molar-refractivity contribution is -0.117. The first-order valence-corrected chi connectivity index (χ1v) is 7.82. The van der Waals surface area contributed by atoms with Crippen molar-refractivity contribution in [3.05, 3.63) is 47.3 Å². The molecule has 0 aliphatic carbocycles. The predicted molar refractivity (Wildman–Crippen MR) is 93.9 cm³/mol. The van der Waals surface area contributed by atoms with Crippen LogP contribution in [0.1, 0.15) is 36.2 Å². The molecule has 1 amide bonds. The van der Waals surface area contributed by atoms with Crippen molar-refractivity contribution in [2.45, 2.75) is 33.1 Å². The standard InChI is InChI=1S/C18H24N4O/c1-6-15(14-10-8-7-9-11-14)17(23)21-16-12(2)19-18(22(4)5)20-13(16)3/h7-11,15H,6H2,1-5H3,(H,21,23)/t15-/m1/s1. The summed E-state index contributed by atoms with van der Waals surface area (Å²) in [5.41, 5.74) is 3.28. The highest BCUT2D eigenvalue weighted by molar-refractivity contribution is 5.96. The van der Waals surface area contributed by atoms with Crippen LogP contribution in [0, 0.1) is 13.8 Å². The fourth-order valence-corrected chi connectivity index (χ4v) is 2.55. The van der Waals surface area contributed by atoms with Gasteiger partial charge in [-0.1, -0.05) is 37.3 Å². The van der Waals surface area contributed by atoms with Crippen LogP contribution in [-0.2, 0) is 4.79 Å². The largest absolute Gasteiger partial charge is 0.347 e. The molecule has 0 radical (unpaired) electrons. The van der Waals surface area contributed by atoms with Crippen molar-refractivity contribution >= 4 is 17.5 Å². The molecule has 23 heavy (non-hydrogen) atoms. The number of nitrogens with one attached hydrogen (secondary N) is 1. The Bertz CT molecular complexity index is 660. The van der Waals surface area contributed by atoms with Crippen LogP contribution in [0.25, 0.3) is 0 Å². The normalized spacial score (nSPS) is 11.9. The van der Waals surface area contributed by atoms with Gasteiger partial charge in [0.1, 0.15) is 0 Å². The van der Waals surface area contributed by atoms with E-state index in [4.69, 9.17) is 0 Å². The number of hydrogen-bond donors (Lipinski definition) is 1. The molecule has 0 spiro atoms. The molecule has 1 aromatic carbocycles. The second-order valence-corrected chi connectivity index (χ2v) is 5.82. The van der Waals surface area contributed by atoms with E-state index in [-0.39, 0.29) is 11.8 Å². The molecule has 1 N–H and O–H groups in total. The van der Waals surface area contributed by atoms with Gasteiger partial charge in [0.05, 0.1) is 23.0 Å². The average Bonchev–Trinajstić information content (AvgIpc) is 2.52. The highest BCUT2D eigenvalue weighted by atomic mass is 16.1. The number of aryl methyl sites for hydroxylation is 2. The van der Waals surface area contributed by atoms with Gasteiger partial charge < -0.3 is 10.2 Å². The predicted octanol–water partition coefficient (Wildman–Crippen LogP) is 3.29. The fraction of sp³-hybridized carbons (Fsp3) is 0.389. The minimum atomic E-state index is -0.177. The summed E-state index contributed by atoms with van der Waals surface area (Å²) in [6.07, 6.45) is 0.741. The zero-order valence-corrected chi connectivity index (χ0v) is 14.4. The summed E-state index contributed by atoms with van der Waals surface area (Å²) in [6, 6.07) is 9.84. The number of anilines is 2. The van der Waals surface area contributed by atoms with E-state index >= 15 is 0 Å². The van der Waals surface area contributed by atoms with Crippen molar-refractivity contribution in [1.82, 2.24) is 9.97 Å². The molecule has 1 aromatic heterocycles. The molecular formula is C18H24N4O. The van der Waals surface area contributed by atoms with Crippen LogP contribution in [0.2, 0.25) is 0 Å². The van der Waals surface area contributed by atoms with E-state index in [0.717, 1.165) is 23.4 Å². The number of nitrogens with zero attached hydrogens (tertiary/aromatic N) is 3. The van der Waals surface area contributed by atoms with Crippen LogP contribution in [0.3, 0.4) is 0 Å². The molecule has 122 valence electrons. The van der Waals surface area contributed by atoms with Crippen molar-refractivity contribution in [1.29, 1.82) is 0 Å². The summed E-state index contributed by atoms with van der Waals surface area (Å²) in [5.74, 6) is 0.447. The summed E-state index contributed by atoms with van der Waals surface area (Å²) in [4.78, 5) is 23.4. The van der Waals surface area contributed by atoms with Crippen molar-refractivity contribution in [3.8, 4) is 0 Å². The van der Waals surface area contributed by atoms with Gasteiger partial charge in [-0.2, -0.15) is 0 Å². The lowest BCUT2D eigenvalue weighted by Gasteiger charge is -2.19. The molecule has 2 aromatic rings. The molecule has 0 aliphatic rings. The fourth-order valence-electron chi connectivity index (χ4n) is 2.55. The number of aromatic nitrogens is 2.